The molecule has 0 aliphatic heterocycles. The molecule has 7 heteroatoms. The molecule has 1 rings (SSSR count). The van der Waals surface area contributed by atoms with Crippen molar-refractivity contribution in [2.24, 2.45) is 0 Å². The van der Waals surface area contributed by atoms with Crippen LogP contribution in [0.25, 0.3) is 0 Å². The van der Waals surface area contributed by atoms with Gasteiger partial charge in [0.25, 0.3) is 0 Å². The van der Waals surface area contributed by atoms with Gasteiger partial charge in [-0.1, -0.05) is 0 Å². The van der Waals surface area contributed by atoms with Gasteiger partial charge in [-0.05, 0) is 6.07 Å². The Morgan fingerprint density at radius 2 is 2.33 bits per heavy atom. The van der Waals surface area contributed by atoms with Gasteiger partial charge in [-0.2, -0.15) is 4.98 Å². The summed E-state index contributed by atoms with van der Waals surface area (Å²) in [5, 5.41) is 5.60. The molecule has 7 nitrogen and oxygen atoms in total. The van der Waals surface area contributed by atoms with Gasteiger partial charge in [0.2, 0.25) is 11.9 Å². The normalized spacial score (nSPS) is 9.94. The Hall–Kier alpha value is -1.89. The van der Waals surface area contributed by atoms with Crippen LogP contribution in [0.2, 0.25) is 0 Å². The Balaban J connectivity index is 2.48. The molecule has 0 unspecified atom stereocenters. The van der Waals surface area contributed by atoms with Crippen LogP contribution in [0.5, 0.6) is 0 Å². The quantitative estimate of drug-likeness (QED) is 0.650. The third-order valence-corrected chi connectivity index (χ3v) is 2.26. The molecule has 0 aliphatic carbocycles. The minimum Gasteiger partial charge on any atom is -0.383 e. The van der Waals surface area contributed by atoms with Gasteiger partial charge in [-0.25, -0.2) is 4.98 Å². The van der Waals surface area contributed by atoms with Crippen LogP contribution >= 0.6 is 0 Å². The summed E-state index contributed by atoms with van der Waals surface area (Å²) in [7, 11) is 5.15. The topological polar surface area (TPSA) is 79.4 Å². The van der Waals surface area contributed by atoms with Crippen molar-refractivity contribution in [3.05, 3.63) is 12.3 Å². The molecule has 18 heavy (non-hydrogen) atoms. The molecule has 0 bridgehead atoms. The zero-order valence-corrected chi connectivity index (χ0v) is 10.9. The predicted octanol–water partition coefficient (Wildman–Crippen LogP) is -0.283. The maximum Gasteiger partial charge on any atom is 0.239 e. The summed E-state index contributed by atoms with van der Waals surface area (Å²) in [6.07, 6.45) is 1.65. The molecule has 1 aromatic rings. The van der Waals surface area contributed by atoms with Crippen LogP contribution in [0.15, 0.2) is 12.3 Å². The van der Waals surface area contributed by atoms with E-state index in [0.29, 0.717) is 24.9 Å². The number of likely N-dealkylation sites (N-methyl/N-ethyl adjacent to an activating group) is 1. The van der Waals surface area contributed by atoms with Crippen LogP contribution in [0.1, 0.15) is 0 Å². The zero-order chi connectivity index (χ0) is 13.4. The Morgan fingerprint density at radius 3 is 3.00 bits per heavy atom. The van der Waals surface area contributed by atoms with E-state index in [-0.39, 0.29) is 12.5 Å². The van der Waals surface area contributed by atoms with Crippen molar-refractivity contribution < 1.29 is 9.53 Å². The van der Waals surface area contributed by atoms with Crippen molar-refractivity contribution in [3.8, 4) is 0 Å². The van der Waals surface area contributed by atoms with Gasteiger partial charge in [0.05, 0.1) is 13.2 Å². The van der Waals surface area contributed by atoms with Crippen LogP contribution in [0.3, 0.4) is 0 Å². The van der Waals surface area contributed by atoms with Crippen LogP contribution in [-0.4, -0.2) is 56.8 Å². The van der Waals surface area contributed by atoms with Gasteiger partial charge >= 0.3 is 0 Å². The lowest BCUT2D eigenvalue weighted by Crippen LogP contribution is -2.37. The average molecular weight is 253 g/mol. The number of anilines is 2. The fourth-order valence-electron chi connectivity index (χ4n) is 1.33. The molecule has 0 aromatic carbocycles. The molecular formula is C11H19N5O2. The highest BCUT2D eigenvalue weighted by Gasteiger charge is 2.08. The molecular weight excluding hydrogens is 234 g/mol. The summed E-state index contributed by atoms with van der Waals surface area (Å²) in [4.78, 5) is 21.6. The van der Waals surface area contributed by atoms with Gasteiger partial charge < -0.3 is 20.3 Å². The fourth-order valence-corrected chi connectivity index (χ4v) is 1.33. The minimum absolute atomic E-state index is 0.0702. The number of hydrogen-bond acceptors (Lipinski definition) is 6. The SMILES string of the molecule is CNc1nccc(N(C)CC(=O)NCCOC)n1. The van der Waals surface area contributed by atoms with E-state index in [1.165, 1.54) is 0 Å². The highest BCUT2D eigenvalue weighted by atomic mass is 16.5. The molecule has 0 saturated heterocycles. The third-order valence-electron chi connectivity index (χ3n) is 2.26. The largest absolute Gasteiger partial charge is 0.383 e. The fraction of sp³-hybridized carbons (Fsp3) is 0.545. The van der Waals surface area contributed by atoms with Crippen molar-refractivity contribution >= 4 is 17.7 Å². The maximum atomic E-state index is 11.6. The first-order valence-corrected chi connectivity index (χ1v) is 5.65. The number of nitrogens with zero attached hydrogens (tertiary/aromatic N) is 3. The molecule has 1 heterocycles. The molecule has 100 valence electrons. The van der Waals surface area contributed by atoms with E-state index in [2.05, 4.69) is 20.6 Å². The summed E-state index contributed by atoms with van der Waals surface area (Å²) in [6, 6.07) is 1.75. The van der Waals surface area contributed by atoms with Crippen LogP contribution in [-0.2, 0) is 9.53 Å². The second-order valence-corrected chi connectivity index (χ2v) is 3.69. The standard InChI is InChI=1S/C11H19N5O2/c1-12-11-14-5-4-9(15-11)16(2)8-10(17)13-6-7-18-3/h4-5H,6-8H2,1-3H3,(H,13,17)(H,12,14,15). The number of amides is 1. The van der Waals surface area contributed by atoms with Crippen LogP contribution < -0.4 is 15.5 Å². The van der Waals surface area contributed by atoms with E-state index in [0.717, 1.165) is 0 Å². The first kappa shape index (κ1) is 14.2. The number of ether oxygens (including phenoxy) is 1. The molecule has 0 fully saturated rings. The number of carbonyl (C=O) groups is 1. The van der Waals surface area contributed by atoms with Crippen LogP contribution in [0.4, 0.5) is 11.8 Å². The molecule has 1 aromatic heterocycles. The van der Waals surface area contributed by atoms with Gasteiger partial charge in [0, 0.05) is 33.9 Å². The number of methoxy groups -OCH3 is 1. The van der Waals surface area contributed by atoms with E-state index >= 15 is 0 Å². The maximum absolute atomic E-state index is 11.6. The van der Waals surface area contributed by atoms with Crippen molar-refractivity contribution in [3.63, 3.8) is 0 Å². The first-order valence-electron chi connectivity index (χ1n) is 5.65. The summed E-state index contributed by atoms with van der Waals surface area (Å²) in [5.41, 5.74) is 0. The second-order valence-electron chi connectivity index (χ2n) is 3.69. The van der Waals surface area contributed by atoms with Crippen LogP contribution in [0, 0.1) is 0 Å². The average Bonchev–Trinajstić information content (AvgIpc) is 2.39. The van der Waals surface area contributed by atoms with E-state index < -0.39 is 0 Å². The Kier molecular flexibility index (Phi) is 5.86. The van der Waals surface area contributed by atoms with Crippen molar-refractivity contribution in [2.45, 2.75) is 0 Å². The Labute approximate surface area is 107 Å². The summed E-state index contributed by atoms with van der Waals surface area (Å²) >= 11 is 0. The molecule has 0 spiro atoms. The first-order chi connectivity index (χ1) is 8.67. The second kappa shape index (κ2) is 7.44. The molecule has 0 atom stereocenters. The van der Waals surface area contributed by atoms with E-state index in [1.807, 2.05) is 0 Å². The lowest BCUT2D eigenvalue weighted by Gasteiger charge is -2.17. The van der Waals surface area contributed by atoms with Crippen molar-refractivity contribution in [1.82, 2.24) is 15.3 Å². The molecule has 0 radical (unpaired) electrons. The highest BCUT2D eigenvalue weighted by Crippen LogP contribution is 2.09. The predicted molar refractivity (Wildman–Crippen MR) is 69.7 cm³/mol. The van der Waals surface area contributed by atoms with Crippen molar-refractivity contribution in [2.75, 3.05) is 51.1 Å². The minimum atomic E-state index is -0.0702. The lowest BCUT2D eigenvalue weighted by molar-refractivity contribution is -0.119. The van der Waals surface area contributed by atoms with E-state index in [9.17, 15) is 4.79 Å². The zero-order valence-electron chi connectivity index (χ0n) is 10.9. The highest BCUT2D eigenvalue weighted by molar-refractivity contribution is 5.80. The van der Waals surface area contributed by atoms with Gasteiger partial charge in [-0.3, -0.25) is 4.79 Å². The van der Waals surface area contributed by atoms with E-state index in [1.54, 1.807) is 38.4 Å². The lowest BCUT2D eigenvalue weighted by atomic mass is 10.4. The summed E-state index contributed by atoms with van der Waals surface area (Å²) < 4.78 is 4.85. The van der Waals surface area contributed by atoms with E-state index in [4.69, 9.17) is 4.74 Å². The smallest absolute Gasteiger partial charge is 0.239 e. The number of aromatic nitrogens is 2. The van der Waals surface area contributed by atoms with Gasteiger partial charge in [0.1, 0.15) is 5.82 Å². The Bertz CT molecular complexity index is 385. The Morgan fingerprint density at radius 1 is 1.56 bits per heavy atom. The summed E-state index contributed by atoms with van der Waals surface area (Å²) in [5.74, 6) is 1.15. The monoisotopic (exact) mass is 253 g/mol. The van der Waals surface area contributed by atoms with Gasteiger partial charge in [0.15, 0.2) is 0 Å². The number of rotatable bonds is 7. The number of carbonyl (C=O) groups excluding carboxylic acids is 1. The number of nitrogens with one attached hydrogen (secondary N) is 2. The van der Waals surface area contributed by atoms with Crippen molar-refractivity contribution in [1.29, 1.82) is 0 Å². The molecule has 2 N–H and O–H groups in total. The molecule has 0 saturated carbocycles. The summed E-state index contributed by atoms with van der Waals surface area (Å²) in [6.45, 7) is 1.26. The van der Waals surface area contributed by atoms with Gasteiger partial charge in [-0.15, -0.1) is 0 Å². The molecule has 0 aliphatic rings. The molecule has 1 amide bonds. The third kappa shape index (κ3) is 4.54. The number of hydrogen-bond donors (Lipinski definition) is 2.